The fourth-order valence-corrected chi connectivity index (χ4v) is 19.0. The van der Waals surface area contributed by atoms with Crippen LogP contribution in [0.15, 0.2) is 24.3 Å². The maximum atomic E-state index is 14.8. The molecule has 0 aromatic rings. The predicted molar refractivity (Wildman–Crippen MR) is 307 cm³/mol. The molecular weight excluding hydrogens is 1110 g/mol. The van der Waals surface area contributed by atoms with Gasteiger partial charge in [-0.1, -0.05) is 68.0 Å². The Morgan fingerprint density at radius 2 is 1.38 bits per heavy atom. The Morgan fingerprint density at radius 1 is 0.628 bits per heavy atom. The quantitative estimate of drug-likeness (QED) is 0.149. The first-order valence-electron chi connectivity index (χ1n) is 33.7. The van der Waals surface area contributed by atoms with Crippen LogP contribution in [0.1, 0.15) is 171 Å². The monoisotopic (exact) mass is 1210 g/mol. The van der Waals surface area contributed by atoms with Crippen molar-refractivity contribution < 1.29 is 90.1 Å². The summed E-state index contributed by atoms with van der Waals surface area (Å²) in [6.45, 7) is 26.6. The molecule has 12 bridgehead atoms. The van der Waals surface area contributed by atoms with Gasteiger partial charge in [-0.25, -0.2) is 0 Å². The maximum Gasteiger partial charge on any atom is 0.308 e. The van der Waals surface area contributed by atoms with Crippen molar-refractivity contribution in [3.05, 3.63) is 24.3 Å². The largest absolute Gasteiger partial charge is 0.459 e. The first kappa shape index (κ1) is 61.5. The fourth-order valence-electron chi connectivity index (χ4n) is 19.0. The van der Waals surface area contributed by atoms with Crippen LogP contribution in [0.3, 0.4) is 0 Å². The number of esters is 1. The van der Waals surface area contributed by atoms with Gasteiger partial charge in [0.2, 0.25) is 11.6 Å². The zero-order valence-electron chi connectivity index (χ0n) is 52.7. The minimum absolute atomic E-state index is 0.00225. The second kappa shape index (κ2) is 23.8. The highest BCUT2D eigenvalue weighted by molar-refractivity contribution is 5.79. The molecule has 0 aliphatic carbocycles. The van der Waals surface area contributed by atoms with E-state index in [1.807, 2.05) is 6.92 Å². The van der Waals surface area contributed by atoms with Gasteiger partial charge in [0.25, 0.3) is 0 Å². The third kappa shape index (κ3) is 10.9. The number of ether oxygens (including phenoxy) is 17. The molecule has 19 heteroatoms. The number of fused-ring (bicyclic) bond motifs is 8. The van der Waals surface area contributed by atoms with Crippen molar-refractivity contribution in [2.24, 2.45) is 35.5 Å². The van der Waals surface area contributed by atoms with Crippen molar-refractivity contribution in [2.45, 2.75) is 335 Å². The second-order valence-corrected chi connectivity index (χ2v) is 29.5. The summed E-state index contributed by atoms with van der Waals surface area (Å²) in [7, 11) is 3.38. The van der Waals surface area contributed by atoms with Crippen LogP contribution in [0.4, 0.5) is 0 Å². The van der Waals surface area contributed by atoms with Gasteiger partial charge in [0.15, 0.2) is 18.2 Å². The molecule has 86 heavy (non-hydrogen) atoms. The summed E-state index contributed by atoms with van der Waals surface area (Å²) in [4.78, 5) is 29.4. The molecular formula is C67H100O19. The number of hydrogen-bond donors (Lipinski definition) is 0. The molecule has 15 saturated heterocycles. The average Bonchev–Trinajstić information content (AvgIpc) is 1.50. The zero-order chi connectivity index (χ0) is 59.9. The Labute approximate surface area is 509 Å². The summed E-state index contributed by atoms with van der Waals surface area (Å²) in [5.74, 6) is -2.46. The minimum Gasteiger partial charge on any atom is -0.459 e. The number of carbonyl (C=O) groups excluding carboxylic acids is 2. The van der Waals surface area contributed by atoms with Gasteiger partial charge in [0.05, 0.1) is 104 Å². The van der Waals surface area contributed by atoms with Crippen LogP contribution in [-0.4, -0.2) is 190 Å². The van der Waals surface area contributed by atoms with Gasteiger partial charge in [0.1, 0.15) is 42.4 Å². The second-order valence-electron chi connectivity index (χ2n) is 29.5. The predicted octanol–water partition coefficient (Wildman–Crippen LogP) is 8.70. The van der Waals surface area contributed by atoms with Crippen molar-refractivity contribution in [3.8, 4) is 0 Å². The molecule has 0 aromatic heterocycles. The van der Waals surface area contributed by atoms with Crippen LogP contribution in [0.25, 0.3) is 0 Å². The van der Waals surface area contributed by atoms with E-state index in [-0.39, 0.29) is 104 Å². The number of methoxy groups -OCH3 is 2. The molecule has 3 spiro atoms. The van der Waals surface area contributed by atoms with Crippen molar-refractivity contribution in [1.82, 2.24) is 0 Å². The van der Waals surface area contributed by atoms with Crippen molar-refractivity contribution in [2.75, 3.05) is 14.2 Å². The molecule has 15 fully saturated rings. The van der Waals surface area contributed by atoms with Crippen LogP contribution in [-0.2, 0) is 90.1 Å². The molecule has 0 N–H and O–H groups in total. The number of hydrogen-bond acceptors (Lipinski definition) is 19. The first-order valence-corrected chi connectivity index (χ1v) is 33.7. The van der Waals surface area contributed by atoms with Crippen LogP contribution in [0, 0.1) is 35.5 Å². The Balaban J connectivity index is 0.689. The SMILES string of the molecule is C=C1CC2CCC34OC5C6OC(CCC6OC6C5OC5(OC(C)OC35)C6O4)CC(=O)OC3C(CC4OC(CCC1O2)CC(C)C4=C)OC1CC(OC)C(CC(=O)CC2OC4(CC(C)C2OC)CC(C)C2OC(C(C)CC(C)CC)CC2O4)OC1C3C. The number of rotatable bonds is 10. The average molecular weight is 1210 g/mol. The zero-order valence-corrected chi connectivity index (χ0v) is 52.7. The lowest BCUT2D eigenvalue weighted by atomic mass is 9.78. The first-order chi connectivity index (χ1) is 41.2. The third-order valence-corrected chi connectivity index (χ3v) is 23.4. The van der Waals surface area contributed by atoms with E-state index >= 15 is 0 Å². The van der Waals surface area contributed by atoms with Gasteiger partial charge < -0.3 is 80.5 Å². The van der Waals surface area contributed by atoms with E-state index in [1.54, 1.807) is 14.2 Å². The van der Waals surface area contributed by atoms with Crippen molar-refractivity contribution in [1.29, 1.82) is 0 Å². The van der Waals surface area contributed by atoms with Gasteiger partial charge in [-0.05, 0) is 99.0 Å². The maximum absolute atomic E-state index is 14.8. The van der Waals surface area contributed by atoms with Gasteiger partial charge >= 0.3 is 5.97 Å². The Kier molecular flexibility index (Phi) is 17.0. The fraction of sp³-hybridized carbons (Fsp3) is 0.910. The lowest BCUT2D eigenvalue weighted by molar-refractivity contribution is -0.353. The molecule has 15 aliphatic rings. The summed E-state index contributed by atoms with van der Waals surface area (Å²) in [6.07, 6.45) is 1.66. The number of Topliss-reactive ketones (excluding diaryl/α,β-unsaturated/α-hetero) is 1. The summed E-state index contributed by atoms with van der Waals surface area (Å²) >= 11 is 0. The van der Waals surface area contributed by atoms with E-state index in [9.17, 15) is 9.59 Å². The molecule has 482 valence electrons. The van der Waals surface area contributed by atoms with Gasteiger partial charge in [-0.2, -0.15) is 0 Å². The van der Waals surface area contributed by atoms with E-state index in [1.165, 1.54) is 0 Å². The minimum atomic E-state index is -1.21. The van der Waals surface area contributed by atoms with Gasteiger partial charge in [-0.15, -0.1) is 0 Å². The van der Waals surface area contributed by atoms with E-state index in [0.29, 0.717) is 63.2 Å². The summed E-state index contributed by atoms with van der Waals surface area (Å²) < 4.78 is 116. The van der Waals surface area contributed by atoms with Crippen LogP contribution >= 0.6 is 0 Å². The summed E-state index contributed by atoms with van der Waals surface area (Å²) in [5.41, 5.74) is 2.07. The Bertz CT molecular complexity index is 2520. The molecule has 33 atom stereocenters. The van der Waals surface area contributed by atoms with Crippen LogP contribution in [0.5, 0.6) is 0 Å². The molecule has 0 radical (unpaired) electrons. The number of ketones is 1. The van der Waals surface area contributed by atoms with Gasteiger partial charge in [0, 0.05) is 71.5 Å². The Hall–Kier alpha value is -2.02. The molecule has 0 amide bonds. The van der Waals surface area contributed by atoms with Crippen LogP contribution < -0.4 is 0 Å². The molecule has 15 heterocycles. The highest BCUT2D eigenvalue weighted by Gasteiger charge is 2.83. The Morgan fingerprint density at radius 3 is 2.19 bits per heavy atom. The number of carbonyl (C=O) groups is 2. The van der Waals surface area contributed by atoms with E-state index < -0.39 is 115 Å². The van der Waals surface area contributed by atoms with Crippen molar-refractivity contribution in [3.63, 3.8) is 0 Å². The summed E-state index contributed by atoms with van der Waals surface area (Å²) in [5, 5.41) is 0. The van der Waals surface area contributed by atoms with Crippen molar-refractivity contribution >= 4 is 11.8 Å². The molecule has 0 saturated carbocycles. The molecule has 19 nitrogen and oxygen atoms in total. The van der Waals surface area contributed by atoms with Gasteiger partial charge in [-0.3, -0.25) is 9.59 Å². The van der Waals surface area contributed by atoms with E-state index in [0.717, 1.165) is 56.1 Å². The van der Waals surface area contributed by atoms with E-state index in [2.05, 4.69) is 61.6 Å². The smallest absolute Gasteiger partial charge is 0.308 e. The lowest BCUT2D eigenvalue weighted by Crippen LogP contribution is -2.63. The van der Waals surface area contributed by atoms with E-state index in [4.69, 9.17) is 80.5 Å². The normalized spacial score (nSPS) is 53.9. The topological polar surface area (TPSA) is 191 Å². The summed E-state index contributed by atoms with van der Waals surface area (Å²) in [6, 6.07) is 0. The lowest BCUT2D eigenvalue weighted by Gasteiger charge is -2.52. The molecule has 15 rings (SSSR count). The molecule has 33 unspecified atom stereocenters. The molecule has 15 aliphatic heterocycles. The third-order valence-electron chi connectivity index (χ3n) is 23.4. The highest BCUT2D eigenvalue weighted by atomic mass is 16.9. The van der Waals surface area contributed by atoms with Crippen LogP contribution in [0.2, 0.25) is 0 Å². The molecule has 0 aromatic carbocycles. The highest BCUT2D eigenvalue weighted by Crippen LogP contribution is 2.63. The standard InChI is InChI=1S/C67H100O19/c1-13-31(2)20-33(4)46-26-53-56(78-46)36(7)30-65(83-53)29-35(6)55(71-12)52(82-65)24-40(68)23-49-48(70-11)28-51-57(79-49)38(9)58-50(76-51)27-47-37(8)32(3)21-41(74-47)14-16-44-34(5)22-43(73-44)18-19-66-64-67(81-39(10)72-64)63(86-66)62-61(85-67)60(84-66)59-45(77-62)17-15-42(75-59)25-54(69)80-58/h31-33,35-36,38-39,41-53,55-64H,5,8,13-30H2,1-4,6-7,9-12H3.